The van der Waals surface area contributed by atoms with E-state index in [1.54, 1.807) is 56.4 Å². The molecule has 2 rings (SSSR count). The molecule has 2 aromatic carbocycles. The summed E-state index contributed by atoms with van der Waals surface area (Å²) in [4.78, 5) is 35.2. The van der Waals surface area contributed by atoms with E-state index >= 15 is 0 Å². The van der Waals surface area contributed by atoms with Gasteiger partial charge in [0, 0.05) is 18.3 Å². The van der Waals surface area contributed by atoms with Gasteiger partial charge >= 0.3 is 5.97 Å². The smallest absolute Gasteiger partial charge is 0.338 e. The number of ether oxygens (including phenoxy) is 1. The lowest BCUT2D eigenvalue weighted by Crippen LogP contribution is -2.21. The van der Waals surface area contributed by atoms with Gasteiger partial charge in [-0.25, -0.2) is 4.79 Å². The van der Waals surface area contributed by atoms with Crippen LogP contribution in [0.3, 0.4) is 0 Å². The van der Waals surface area contributed by atoms with Gasteiger partial charge in [-0.2, -0.15) is 0 Å². The van der Waals surface area contributed by atoms with Crippen LogP contribution in [0.5, 0.6) is 0 Å². The molecule has 0 fully saturated rings. The van der Waals surface area contributed by atoms with Gasteiger partial charge in [-0.05, 0) is 42.8 Å². The molecule has 6 nitrogen and oxygen atoms in total. The molecule has 2 N–H and O–H groups in total. The number of anilines is 1. The lowest BCUT2D eigenvalue weighted by Gasteiger charge is -2.08. The van der Waals surface area contributed by atoms with E-state index in [-0.39, 0.29) is 12.5 Å². The zero-order chi connectivity index (χ0) is 17.5. The molecular weight excluding hydrogens is 308 g/mol. The van der Waals surface area contributed by atoms with Crippen molar-refractivity contribution < 1.29 is 19.1 Å². The summed E-state index contributed by atoms with van der Waals surface area (Å²) in [7, 11) is 1.54. The molecule has 0 aliphatic carbocycles. The topological polar surface area (TPSA) is 84.5 Å². The number of carbonyl (C=O) groups is 3. The van der Waals surface area contributed by atoms with Crippen molar-refractivity contribution in [2.24, 2.45) is 0 Å². The number of nitrogens with one attached hydrogen (secondary N) is 2. The number of rotatable bonds is 5. The average molecular weight is 326 g/mol. The summed E-state index contributed by atoms with van der Waals surface area (Å²) < 4.78 is 5.01. The Morgan fingerprint density at radius 3 is 2.29 bits per heavy atom. The monoisotopic (exact) mass is 326 g/mol. The van der Waals surface area contributed by atoms with Gasteiger partial charge in [-0.1, -0.05) is 18.2 Å². The zero-order valence-electron chi connectivity index (χ0n) is 13.5. The van der Waals surface area contributed by atoms with Crippen molar-refractivity contribution in [3.63, 3.8) is 0 Å². The van der Waals surface area contributed by atoms with E-state index in [9.17, 15) is 14.4 Å². The summed E-state index contributed by atoms with van der Waals surface area (Å²) in [6, 6.07) is 13.4. The van der Waals surface area contributed by atoms with Crippen LogP contribution in [0.4, 0.5) is 5.69 Å². The SMILES string of the molecule is CNC(=O)c1ccc(NC(=O)COC(=O)c2ccccc2C)cc1. The molecule has 0 aliphatic heterocycles. The number of aryl methyl sites for hydroxylation is 1. The highest BCUT2D eigenvalue weighted by Gasteiger charge is 2.12. The number of esters is 1. The van der Waals surface area contributed by atoms with E-state index < -0.39 is 11.9 Å². The Morgan fingerprint density at radius 1 is 1.00 bits per heavy atom. The predicted octanol–water partition coefficient (Wildman–Crippen LogP) is 2.15. The average Bonchev–Trinajstić information content (AvgIpc) is 2.60. The second-order valence-electron chi connectivity index (χ2n) is 5.10. The van der Waals surface area contributed by atoms with Crippen molar-refractivity contribution in [2.45, 2.75) is 6.92 Å². The van der Waals surface area contributed by atoms with Crippen molar-refractivity contribution in [1.82, 2.24) is 5.32 Å². The molecule has 0 aromatic heterocycles. The van der Waals surface area contributed by atoms with Crippen LogP contribution in [0.2, 0.25) is 0 Å². The molecule has 124 valence electrons. The fourth-order valence-electron chi connectivity index (χ4n) is 2.06. The fraction of sp³-hybridized carbons (Fsp3) is 0.167. The van der Waals surface area contributed by atoms with Crippen molar-refractivity contribution in [2.75, 3.05) is 19.0 Å². The van der Waals surface area contributed by atoms with Gasteiger partial charge in [0.05, 0.1) is 5.56 Å². The number of hydrogen-bond donors (Lipinski definition) is 2. The molecule has 24 heavy (non-hydrogen) atoms. The van der Waals surface area contributed by atoms with Crippen LogP contribution in [0.25, 0.3) is 0 Å². The first-order valence-corrected chi connectivity index (χ1v) is 7.36. The highest BCUT2D eigenvalue weighted by Crippen LogP contribution is 2.11. The van der Waals surface area contributed by atoms with Crippen LogP contribution in [0.1, 0.15) is 26.3 Å². The minimum absolute atomic E-state index is 0.208. The largest absolute Gasteiger partial charge is 0.452 e. The van der Waals surface area contributed by atoms with Crippen LogP contribution in [-0.2, 0) is 9.53 Å². The predicted molar refractivity (Wildman–Crippen MR) is 89.9 cm³/mol. The Hall–Kier alpha value is -3.15. The third-order valence-electron chi connectivity index (χ3n) is 3.36. The van der Waals surface area contributed by atoms with E-state index in [2.05, 4.69) is 10.6 Å². The van der Waals surface area contributed by atoms with Crippen molar-refractivity contribution in [3.8, 4) is 0 Å². The third-order valence-corrected chi connectivity index (χ3v) is 3.36. The van der Waals surface area contributed by atoms with E-state index in [4.69, 9.17) is 4.74 Å². The summed E-state index contributed by atoms with van der Waals surface area (Å²) in [5, 5.41) is 5.11. The summed E-state index contributed by atoms with van der Waals surface area (Å²) in [5.74, 6) is -1.21. The maximum Gasteiger partial charge on any atom is 0.338 e. The second-order valence-corrected chi connectivity index (χ2v) is 5.10. The first-order valence-electron chi connectivity index (χ1n) is 7.36. The third kappa shape index (κ3) is 4.42. The molecule has 0 saturated carbocycles. The lowest BCUT2D eigenvalue weighted by atomic mass is 10.1. The quantitative estimate of drug-likeness (QED) is 0.825. The van der Waals surface area contributed by atoms with Gasteiger partial charge in [0.25, 0.3) is 11.8 Å². The van der Waals surface area contributed by atoms with Crippen molar-refractivity contribution in [1.29, 1.82) is 0 Å². The molecule has 2 amide bonds. The van der Waals surface area contributed by atoms with Crippen molar-refractivity contribution >= 4 is 23.5 Å². The lowest BCUT2D eigenvalue weighted by molar-refractivity contribution is -0.119. The van der Waals surface area contributed by atoms with Gasteiger partial charge < -0.3 is 15.4 Å². The molecule has 0 unspecified atom stereocenters. The second kappa shape index (κ2) is 7.92. The Labute approximate surface area is 139 Å². The van der Waals surface area contributed by atoms with Crippen LogP contribution in [0.15, 0.2) is 48.5 Å². The number of benzene rings is 2. The molecule has 0 saturated heterocycles. The van der Waals surface area contributed by atoms with Gasteiger partial charge in [0.15, 0.2) is 6.61 Å². The minimum atomic E-state index is -0.543. The molecule has 0 bridgehead atoms. The van der Waals surface area contributed by atoms with Crippen LogP contribution in [0, 0.1) is 6.92 Å². The molecule has 0 aliphatic rings. The summed E-state index contributed by atoms with van der Waals surface area (Å²) in [6.07, 6.45) is 0. The normalized spacial score (nSPS) is 9.92. The van der Waals surface area contributed by atoms with E-state index in [0.717, 1.165) is 5.56 Å². The Kier molecular flexibility index (Phi) is 5.68. The summed E-state index contributed by atoms with van der Waals surface area (Å²) in [6.45, 7) is 1.41. The van der Waals surface area contributed by atoms with E-state index in [1.165, 1.54) is 0 Å². The molecule has 0 heterocycles. The maximum atomic E-state index is 11.9. The highest BCUT2D eigenvalue weighted by molar-refractivity contribution is 5.97. The van der Waals surface area contributed by atoms with Gasteiger partial charge in [0.2, 0.25) is 0 Å². The van der Waals surface area contributed by atoms with Gasteiger partial charge in [-0.15, -0.1) is 0 Å². The molecule has 0 radical (unpaired) electrons. The van der Waals surface area contributed by atoms with Crippen LogP contribution < -0.4 is 10.6 Å². The Morgan fingerprint density at radius 2 is 1.67 bits per heavy atom. The Balaban J connectivity index is 1.88. The van der Waals surface area contributed by atoms with E-state index in [0.29, 0.717) is 16.8 Å². The minimum Gasteiger partial charge on any atom is -0.452 e. The first-order chi connectivity index (χ1) is 11.5. The van der Waals surface area contributed by atoms with Crippen molar-refractivity contribution in [3.05, 3.63) is 65.2 Å². The standard InChI is InChI=1S/C18H18N2O4/c1-12-5-3-4-6-15(12)18(23)24-11-16(21)20-14-9-7-13(8-10-14)17(22)19-2/h3-10H,11H2,1-2H3,(H,19,22)(H,20,21). The zero-order valence-corrected chi connectivity index (χ0v) is 13.5. The fourth-order valence-corrected chi connectivity index (χ4v) is 2.06. The molecule has 0 atom stereocenters. The van der Waals surface area contributed by atoms with E-state index in [1.807, 2.05) is 6.07 Å². The molecule has 6 heteroatoms. The molecular formula is C18H18N2O4. The maximum absolute atomic E-state index is 11.9. The van der Waals surface area contributed by atoms with Crippen LogP contribution >= 0.6 is 0 Å². The van der Waals surface area contributed by atoms with Gasteiger partial charge in [-0.3, -0.25) is 9.59 Å². The number of hydrogen-bond acceptors (Lipinski definition) is 4. The number of carbonyl (C=O) groups excluding carboxylic acids is 3. The summed E-state index contributed by atoms with van der Waals surface area (Å²) in [5.41, 5.74) is 2.22. The highest BCUT2D eigenvalue weighted by atomic mass is 16.5. The van der Waals surface area contributed by atoms with Gasteiger partial charge in [0.1, 0.15) is 0 Å². The van der Waals surface area contributed by atoms with Crippen LogP contribution in [-0.4, -0.2) is 31.4 Å². The first kappa shape index (κ1) is 17.2. The molecule has 0 spiro atoms. The number of amides is 2. The summed E-state index contributed by atoms with van der Waals surface area (Å²) >= 11 is 0. The Bertz CT molecular complexity index is 754. The molecule has 2 aromatic rings.